The van der Waals surface area contributed by atoms with E-state index < -0.39 is 5.60 Å². The maximum atomic E-state index is 11.9. The fraction of sp³-hybridized carbons (Fsp3) is 0.550. The number of nitrogens with one attached hydrogen (secondary N) is 3. The quantitative estimate of drug-likeness (QED) is 0.755. The van der Waals surface area contributed by atoms with Gasteiger partial charge in [-0.25, -0.2) is 9.78 Å². The van der Waals surface area contributed by atoms with Crippen molar-refractivity contribution in [1.29, 1.82) is 0 Å². The van der Waals surface area contributed by atoms with Gasteiger partial charge in [-0.2, -0.15) is 4.98 Å². The van der Waals surface area contributed by atoms with Crippen LogP contribution in [0.5, 0.6) is 0 Å². The Bertz CT molecular complexity index is 795. The van der Waals surface area contributed by atoms with Gasteiger partial charge in [0, 0.05) is 24.5 Å². The third-order valence-electron chi connectivity index (χ3n) is 4.62. The van der Waals surface area contributed by atoms with E-state index in [1.807, 2.05) is 52.1 Å². The van der Waals surface area contributed by atoms with E-state index in [9.17, 15) is 4.79 Å². The molecular weight excluding hydrogens is 342 g/mol. The van der Waals surface area contributed by atoms with Crippen LogP contribution in [0.2, 0.25) is 0 Å². The molecule has 7 heteroatoms. The Kier molecular flexibility index (Phi) is 5.68. The van der Waals surface area contributed by atoms with Gasteiger partial charge in [-0.1, -0.05) is 12.1 Å². The molecule has 2 aromatic rings. The number of benzene rings is 1. The number of anilines is 2. The van der Waals surface area contributed by atoms with Crippen LogP contribution in [-0.2, 0) is 4.74 Å². The Morgan fingerprint density at radius 3 is 2.41 bits per heavy atom. The number of hydrogen-bond acceptors (Lipinski definition) is 6. The van der Waals surface area contributed by atoms with Gasteiger partial charge in [-0.05, 0) is 58.6 Å². The minimum atomic E-state index is -0.471. The highest BCUT2D eigenvalue weighted by atomic mass is 16.6. The summed E-state index contributed by atoms with van der Waals surface area (Å²) in [5, 5.41) is 10.6. The smallest absolute Gasteiger partial charge is 0.407 e. The zero-order chi connectivity index (χ0) is 19.4. The second kappa shape index (κ2) is 7.98. The van der Waals surface area contributed by atoms with Crippen LogP contribution >= 0.6 is 0 Å². The van der Waals surface area contributed by atoms with Gasteiger partial charge in [0.1, 0.15) is 11.4 Å². The SMILES string of the molecule is CNc1nc(NC2CCC(NC(=O)OC(C)(C)C)CC2)nc2ccccc12. The number of carbonyl (C=O) groups is 1. The van der Waals surface area contributed by atoms with Crippen molar-refractivity contribution in [2.45, 2.75) is 64.1 Å². The van der Waals surface area contributed by atoms with Crippen molar-refractivity contribution in [1.82, 2.24) is 15.3 Å². The fourth-order valence-electron chi connectivity index (χ4n) is 3.37. The average molecular weight is 371 g/mol. The van der Waals surface area contributed by atoms with Crippen molar-refractivity contribution in [3.05, 3.63) is 24.3 Å². The van der Waals surface area contributed by atoms with Gasteiger partial charge in [0.25, 0.3) is 0 Å². The molecule has 0 spiro atoms. The first-order valence-electron chi connectivity index (χ1n) is 9.54. The summed E-state index contributed by atoms with van der Waals surface area (Å²) < 4.78 is 5.34. The number of nitrogens with zero attached hydrogens (tertiary/aromatic N) is 2. The van der Waals surface area contributed by atoms with Crippen molar-refractivity contribution >= 4 is 28.8 Å². The van der Waals surface area contributed by atoms with Crippen LogP contribution in [0.1, 0.15) is 46.5 Å². The largest absolute Gasteiger partial charge is 0.444 e. The minimum absolute atomic E-state index is 0.156. The first kappa shape index (κ1) is 19.2. The van der Waals surface area contributed by atoms with E-state index in [0.717, 1.165) is 42.4 Å². The summed E-state index contributed by atoms with van der Waals surface area (Å²) in [5.41, 5.74) is 0.445. The highest BCUT2D eigenvalue weighted by molar-refractivity contribution is 5.89. The molecule has 3 N–H and O–H groups in total. The Hall–Kier alpha value is -2.57. The second-order valence-electron chi connectivity index (χ2n) is 8.00. The highest BCUT2D eigenvalue weighted by Gasteiger charge is 2.25. The Morgan fingerprint density at radius 1 is 1.07 bits per heavy atom. The van der Waals surface area contributed by atoms with Gasteiger partial charge >= 0.3 is 6.09 Å². The molecule has 0 unspecified atom stereocenters. The van der Waals surface area contributed by atoms with Crippen molar-refractivity contribution in [3.63, 3.8) is 0 Å². The minimum Gasteiger partial charge on any atom is -0.444 e. The fourth-order valence-corrected chi connectivity index (χ4v) is 3.37. The van der Waals surface area contributed by atoms with E-state index in [1.165, 1.54) is 0 Å². The van der Waals surface area contributed by atoms with Crippen molar-refractivity contribution in [3.8, 4) is 0 Å². The second-order valence-corrected chi connectivity index (χ2v) is 8.00. The third kappa shape index (κ3) is 5.21. The molecule has 1 aliphatic carbocycles. The first-order chi connectivity index (χ1) is 12.8. The van der Waals surface area contributed by atoms with Gasteiger partial charge in [0.05, 0.1) is 5.52 Å². The lowest BCUT2D eigenvalue weighted by Crippen LogP contribution is -2.42. The summed E-state index contributed by atoms with van der Waals surface area (Å²) in [5.74, 6) is 1.46. The molecule has 3 rings (SSSR count). The van der Waals surface area contributed by atoms with Crippen molar-refractivity contribution in [2.75, 3.05) is 17.7 Å². The van der Waals surface area contributed by atoms with Crippen LogP contribution < -0.4 is 16.0 Å². The maximum Gasteiger partial charge on any atom is 0.407 e. The lowest BCUT2D eigenvalue weighted by molar-refractivity contribution is 0.0492. The number of hydrogen-bond donors (Lipinski definition) is 3. The molecule has 1 amide bonds. The summed E-state index contributed by atoms with van der Waals surface area (Å²) in [6.07, 6.45) is 3.37. The molecule has 7 nitrogen and oxygen atoms in total. The molecule has 0 saturated heterocycles. The summed E-state index contributed by atoms with van der Waals surface area (Å²) in [4.78, 5) is 21.2. The van der Waals surface area contributed by atoms with E-state index >= 15 is 0 Å². The van der Waals surface area contributed by atoms with Crippen LogP contribution in [0.3, 0.4) is 0 Å². The van der Waals surface area contributed by atoms with E-state index in [0.29, 0.717) is 12.0 Å². The first-order valence-corrected chi connectivity index (χ1v) is 9.54. The lowest BCUT2D eigenvalue weighted by Gasteiger charge is -2.30. The number of para-hydroxylation sites is 1. The molecule has 0 radical (unpaired) electrons. The highest BCUT2D eigenvalue weighted by Crippen LogP contribution is 2.25. The predicted octanol–water partition coefficient (Wildman–Crippen LogP) is 3.92. The molecule has 146 valence electrons. The van der Waals surface area contributed by atoms with Gasteiger partial charge < -0.3 is 20.7 Å². The monoisotopic (exact) mass is 371 g/mol. The van der Waals surface area contributed by atoms with E-state index in [-0.39, 0.29) is 12.1 Å². The number of fused-ring (bicyclic) bond motifs is 1. The predicted molar refractivity (Wildman–Crippen MR) is 108 cm³/mol. The van der Waals surface area contributed by atoms with Crippen LogP contribution in [0.15, 0.2) is 24.3 Å². The Balaban J connectivity index is 1.56. The third-order valence-corrected chi connectivity index (χ3v) is 4.62. The summed E-state index contributed by atoms with van der Waals surface area (Å²) >= 11 is 0. The zero-order valence-corrected chi connectivity index (χ0v) is 16.5. The standard InChI is InChI=1S/C20H29N5O2/c1-20(2,3)27-19(26)23-14-11-9-13(10-12-14)22-18-24-16-8-6-5-7-15(16)17(21-4)25-18/h5-8,13-14H,9-12H2,1-4H3,(H,23,26)(H2,21,22,24,25). The molecule has 27 heavy (non-hydrogen) atoms. The summed E-state index contributed by atoms with van der Waals surface area (Å²) in [6.45, 7) is 5.61. The molecule has 0 aliphatic heterocycles. The van der Waals surface area contributed by atoms with Gasteiger partial charge in [0.15, 0.2) is 0 Å². The summed E-state index contributed by atoms with van der Waals surface area (Å²) in [6, 6.07) is 8.42. The maximum absolute atomic E-state index is 11.9. The van der Waals surface area contributed by atoms with Crippen molar-refractivity contribution in [2.24, 2.45) is 0 Å². The van der Waals surface area contributed by atoms with E-state index in [2.05, 4.69) is 25.9 Å². The number of carbonyl (C=O) groups excluding carboxylic acids is 1. The zero-order valence-electron chi connectivity index (χ0n) is 16.5. The molecular formula is C20H29N5O2. The molecule has 1 saturated carbocycles. The number of alkyl carbamates (subject to hydrolysis) is 1. The number of amides is 1. The molecule has 1 heterocycles. The van der Waals surface area contributed by atoms with Crippen LogP contribution in [0.25, 0.3) is 10.9 Å². The van der Waals surface area contributed by atoms with Gasteiger partial charge in [0.2, 0.25) is 5.95 Å². The van der Waals surface area contributed by atoms with E-state index in [1.54, 1.807) is 0 Å². The normalized spacial score (nSPS) is 20.1. The number of rotatable bonds is 4. The lowest BCUT2D eigenvalue weighted by atomic mass is 9.91. The topological polar surface area (TPSA) is 88.2 Å². The van der Waals surface area contributed by atoms with E-state index in [4.69, 9.17) is 4.74 Å². The molecule has 1 aromatic carbocycles. The van der Waals surface area contributed by atoms with Crippen molar-refractivity contribution < 1.29 is 9.53 Å². The number of ether oxygens (including phenoxy) is 1. The molecule has 0 atom stereocenters. The molecule has 1 aromatic heterocycles. The van der Waals surface area contributed by atoms with Crippen LogP contribution in [0.4, 0.5) is 16.6 Å². The molecule has 0 bridgehead atoms. The Labute approximate surface area is 160 Å². The van der Waals surface area contributed by atoms with Gasteiger partial charge in [-0.3, -0.25) is 0 Å². The molecule has 1 aliphatic rings. The average Bonchev–Trinajstić information content (AvgIpc) is 2.61. The number of aromatic nitrogens is 2. The van der Waals surface area contributed by atoms with Crippen LogP contribution in [-0.4, -0.2) is 40.8 Å². The summed E-state index contributed by atoms with van der Waals surface area (Å²) in [7, 11) is 1.87. The van der Waals surface area contributed by atoms with Crippen LogP contribution in [0, 0.1) is 0 Å². The Morgan fingerprint density at radius 2 is 1.74 bits per heavy atom. The molecule has 1 fully saturated rings. The van der Waals surface area contributed by atoms with Gasteiger partial charge in [-0.15, -0.1) is 0 Å².